The summed E-state index contributed by atoms with van der Waals surface area (Å²) in [7, 11) is 1.67. The molecule has 0 aliphatic carbocycles. The number of hydrogen-bond donors (Lipinski definition) is 1. The van der Waals surface area contributed by atoms with Crippen LogP contribution in [0.15, 0.2) is 54.6 Å². The van der Waals surface area contributed by atoms with Gasteiger partial charge in [0.2, 0.25) is 0 Å². The molecule has 2 rings (SSSR count). The van der Waals surface area contributed by atoms with Crippen LogP contribution in [-0.2, 0) is 16.9 Å². The van der Waals surface area contributed by atoms with Gasteiger partial charge in [0.15, 0.2) is 0 Å². The lowest BCUT2D eigenvalue weighted by Gasteiger charge is -2.32. The van der Waals surface area contributed by atoms with Crippen LogP contribution in [0, 0.1) is 0 Å². The lowest BCUT2D eigenvalue weighted by atomic mass is 9.89. The molecule has 118 valence electrons. The Balaban J connectivity index is 2.16. The first kappa shape index (κ1) is 16.5. The molecule has 2 unspecified atom stereocenters. The van der Waals surface area contributed by atoms with Gasteiger partial charge in [0.1, 0.15) is 5.75 Å². The molecule has 0 radical (unpaired) electrons. The van der Waals surface area contributed by atoms with Crippen LogP contribution in [0.2, 0.25) is 0 Å². The maximum Gasteiger partial charge on any atom is 0.119 e. The lowest BCUT2D eigenvalue weighted by Crippen LogP contribution is -2.33. The van der Waals surface area contributed by atoms with Crippen LogP contribution in [0.3, 0.4) is 0 Å². The Labute approximate surface area is 133 Å². The van der Waals surface area contributed by atoms with E-state index in [4.69, 9.17) is 15.2 Å². The second kappa shape index (κ2) is 7.43. The molecule has 2 N–H and O–H groups in total. The molecule has 22 heavy (non-hydrogen) atoms. The Morgan fingerprint density at radius 2 is 1.82 bits per heavy atom. The van der Waals surface area contributed by atoms with Crippen LogP contribution in [0.4, 0.5) is 0 Å². The molecule has 0 aromatic heterocycles. The predicted molar refractivity (Wildman–Crippen MR) is 89.8 cm³/mol. The fraction of sp³-hybridized carbons (Fsp3) is 0.368. The van der Waals surface area contributed by atoms with Crippen molar-refractivity contribution in [3.63, 3.8) is 0 Å². The van der Waals surface area contributed by atoms with Crippen molar-refractivity contribution < 1.29 is 9.47 Å². The molecule has 0 saturated carbocycles. The zero-order valence-electron chi connectivity index (χ0n) is 13.6. The van der Waals surface area contributed by atoms with E-state index in [9.17, 15) is 0 Å². The van der Waals surface area contributed by atoms with E-state index in [-0.39, 0.29) is 6.04 Å². The van der Waals surface area contributed by atoms with Gasteiger partial charge >= 0.3 is 0 Å². The van der Waals surface area contributed by atoms with Crippen LogP contribution in [0.5, 0.6) is 5.75 Å². The van der Waals surface area contributed by atoms with Gasteiger partial charge in [-0.25, -0.2) is 0 Å². The molecular weight excluding hydrogens is 274 g/mol. The molecular formula is C19H25NO2. The van der Waals surface area contributed by atoms with Gasteiger partial charge in [-0.3, -0.25) is 0 Å². The third-order valence-corrected chi connectivity index (χ3v) is 3.79. The topological polar surface area (TPSA) is 44.5 Å². The summed E-state index contributed by atoms with van der Waals surface area (Å²) >= 11 is 0. The highest BCUT2D eigenvalue weighted by Crippen LogP contribution is 2.31. The van der Waals surface area contributed by atoms with Gasteiger partial charge in [-0.2, -0.15) is 0 Å². The summed E-state index contributed by atoms with van der Waals surface area (Å²) in [5.74, 6) is 0.842. The first-order chi connectivity index (χ1) is 10.5. The van der Waals surface area contributed by atoms with Gasteiger partial charge < -0.3 is 15.2 Å². The second-order valence-electron chi connectivity index (χ2n) is 5.92. The molecule has 3 heteroatoms. The van der Waals surface area contributed by atoms with Crippen molar-refractivity contribution in [2.75, 3.05) is 7.11 Å². The summed E-state index contributed by atoms with van der Waals surface area (Å²) in [5, 5.41) is 0. The van der Waals surface area contributed by atoms with Gasteiger partial charge in [0.05, 0.1) is 19.3 Å². The summed E-state index contributed by atoms with van der Waals surface area (Å²) in [6.45, 7) is 4.64. The Morgan fingerprint density at radius 3 is 2.45 bits per heavy atom. The SMILES string of the molecule is COc1cccc(COC(C)(CC(C)N)c2ccccc2)c1. The van der Waals surface area contributed by atoms with Crippen molar-refractivity contribution in [2.24, 2.45) is 5.73 Å². The molecule has 3 nitrogen and oxygen atoms in total. The number of methoxy groups -OCH3 is 1. The molecule has 0 spiro atoms. The second-order valence-corrected chi connectivity index (χ2v) is 5.92. The van der Waals surface area contributed by atoms with Crippen LogP contribution in [0.1, 0.15) is 31.4 Å². The Morgan fingerprint density at radius 1 is 1.09 bits per heavy atom. The van der Waals surface area contributed by atoms with Crippen molar-refractivity contribution in [3.05, 3.63) is 65.7 Å². The zero-order chi connectivity index (χ0) is 16.0. The minimum Gasteiger partial charge on any atom is -0.497 e. The van der Waals surface area contributed by atoms with E-state index in [1.54, 1.807) is 7.11 Å². The van der Waals surface area contributed by atoms with E-state index in [1.165, 1.54) is 0 Å². The van der Waals surface area contributed by atoms with Crippen LogP contribution < -0.4 is 10.5 Å². The average Bonchev–Trinajstić information content (AvgIpc) is 2.53. The van der Waals surface area contributed by atoms with Crippen LogP contribution >= 0.6 is 0 Å². The standard InChI is InChI=1S/C19H25NO2/c1-15(20)13-19(2,17-9-5-4-6-10-17)22-14-16-8-7-11-18(12-16)21-3/h4-12,15H,13-14,20H2,1-3H3. The average molecular weight is 299 g/mol. The number of nitrogens with two attached hydrogens (primary N) is 1. The van der Waals surface area contributed by atoms with Crippen LogP contribution in [0.25, 0.3) is 0 Å². The van der Waals surface area contributed by atoms with Crippen molar-refractivity contribution in [1.29, 1.82) is 0 Å². The smallest absolute Gasteiger partial charge is 0.119 e. The van der Waals surface area contributed by atoms with Crippen molar-refractivity contribution in [3.8, 4) is 5.75 Å². The highest BCUT2D eigenvalue weighted by atomic mass is 16.5. The first-order valence-corrected chi connectivity index (χ1v) is 7.61. The van der Waals surface area contributed by atoms with Crippen LogP contribution in [-0.4, -0.2) is 13.2 Å². The summed E-state index contributed by atoms with van der Waals surface area (Å²) < 4.78 is 11.5. The van der Waals surface area contributed by atoms with Crippen molar-refractivity contribution in [2.45, 2.75) is 38.5 Å². The maximum atomic E-state index is 6.28. The van der Waals surface area contributed by atoms with Gasteiger partial charge in [0, 0.05) is 6.04 Å². The van der Waals surface area contributed by atoms with Gasteiger partial charge in [0.25, 0.3) is 0 Å². The van der Waals surface area contributed by atoms with E-state index < -0.39 is 5.60 Å². The fourth-order valence-corrected chi connectivity index (χ4v) is 2.67. The normalized spacial score (nSPS) is 15.1. The molecule has 2 aromatic rings. The quantitative estimate of drug-likeness (QED) is 0.844. The van der Waals surface area contributed by atoms with E-state index in [0.29, 0.717) is 6.61 Å². The highest BCUT2D eigenvalue weighted by molar-refractivity contribution is 5.28. The first-order valence-electron chi connectivity index (χ1n) is 7.61. The summed E-state index contributed by atoms with van der Waals surface area (Å²) in [5.41, 5.74) is 7.86. The van der Waals surface area contributed by atoms with Gasteiger partial charge in [-0.1, -0.05) is 42.5 Å². The molecule has 0 fully saturated rings. The number of ether oxygens (including phenoxy) is 2. The Hall–Kier alpha value is -1.84. The number of rotatable bonds is 7. The van der Waals surface area contributed by atoms with E-state index in [0.717, 1.165) is 23.3 Å². The highest BCUT2D eigenvalue weighted by Gasteiger charge is 2.28. The van der Waals surface area contributed by atoms with Crippen molar-refractivity contribution in [1.82, 2.24) is 0 Å². The third-order valence-electron chi connectivity index (χ3n) is 3.79. The van der Waals surface area contributed by atoms with E-state index >= 15 is 0 Å². The Bertz CT molecular complexity index is 583. The summed E-state index contributed by atoms with van der Waals surface area (Å²) in [4.78, 5) is 0. The molecule has 0 saturated heterocycles. The summed E-state index contributed by atoms with van der Waals surface area (Å²) in [6.07, 6.45) is 0.765. The minimum absolute atomic E-state index is 0.0653. The van der Waals surface area contributed by atoms with Gasteiger partial charge in [-0.05, 0) is 43.5 Å². The molecule has 2 atom stereocenters. The maximum absolute atomic E-state index is 6.28. The molecule has 2 aromatic carbocycles. The zero-order valence-corrected chi connectivity index (χ0v) is 13.6. The fourth-order valence-electron chi connectivity index (χ4n) is 2.67. The minimum atomic E-state index is -0.404. The monoisotopic (exact) mass is 299 g/mol. The Kier molecular flexibility index (Phi) is 5.58. The molecule has 0 amide bonds. The molecule has 0 bridgehead atoms. The van der Waals surface area contributed by atoms with Gasteiger partial charge in [-0.15, -0.1) is 0 Å². The van der Waals surface area contributed by atoms with E-state index in [2.05, 4.69) is 19.1 Å². The predicted octanol–water partition coefficient (Wildman–Crippen LogP) is 3.86. The molecule has 0 heterocycles. The third kappa shape index (κ3) is 4.33. The number of hydrogen-bond acceptors (Lipinski definition) is 3. The largest absolute Gasteiger partial charge is 0.497 e. The van der Waals surface area contributed by atoms with Crippen molar-refractivity contribution >= 4 is 0 Å². The molecule has 0 aliphatic heterocycles. The van der Waals surface area contributed by atoms with E-state index in [1.807, 2.05) is 49.4 Å². The summed E-state index contributed by atoms with van der Waals surface area (Å²) in [6, 6.07) is 18.3. The lowest BCUT2D eigenvalue weighted by molar-refractivity contribution is -0.0573. The number of benzene rings is 2. The molecule has 0 aliphatic rings.